The van der Waals surface area contributed by atoms with Crippen LogP contribution in [0.3, 0.4) is 0 Å². The predicted octanol–water partition coefficient (Wildman–Crippen LogP) is 3.16. The minimum atomic E-state index is -1.47. The Morgan fingerprint density at radius 1 is 0.487 bits per heavy atom. The molecule has 2 heterocycles. The quantitative estimate of drug-likeness (QED) is 0.263. The minimum Gasteiger partial charge on any atom is -1.00 e. The molecule has 2 unspecified atom stereocenters. The molecule has 6 aromatic rings. The third kappa shape index (κ3) is 4.19. The third-order valence-electron chi connectivity index (χ3n) is 7.80. The van der Waals surface area contributed by atoms with Gasteiger partial charge in [-0.3, -0.25) is 0 Å². The number of furan rings is 2. The van der Waals surface area contributed by atoms with E-state index in [1.165, 1.54) is 54.9 Å². The zero-order chi connectivity index (χ0) is 24.3. The third-order valence-corrected chi connectivity index (χ3v) is 14.7. The van der Waals surface area contributed by atoms with Crippen LogP contribution in [0.15, 0.2) is 118 Å². The van der Waals surface area contributed by atoms with Crippen LogP contribution in [0, 0.1) is 0 Å². The second-order valence-electron chi connectivity index (χ2n) is 9.77. The van der Waals surface area contributed by atoms with Gasteiger partial charge in [0.05, 0.1) is 0 Å². The number of benzene rings is 4. The van der Waals surface area contributed by atoms with Crippen molar-refractivity contribution >= 4 is 44.8 Å². The molecule has 188 valence electrons. The first-order valence-corrected chi connectivity index (χ1v) is 16.8. The van der Waals surface area contributed by atoms with Crippen molar-refractivity contribution in [3.63, 3.8) is 0 Å². The average Bonchev–Trinajstić information content (AvgIpc) is 3.75. The Balaban J connectivity index is 0.00000138. The summed E-state index contributed by atoms with van der Waals surface area (Å²) >= 11 is -1.47. The second-order valence-corrected chi connectivity index (χ2v) is 15.1. The van der Waals surface area contributed by atoms with Crippen LogP contribution in [0.2, 0.25) is 0 Å². The zero-order valence-corrected chi connectivity index (χ0v) is 25.9. The Kier molecular flexibility index (Phi) is 7.01. The van der Waals surface area contributed by atoms with Crippen LogP contribution in [-0.2, 0) is 22.9 Å². The molecule has 2 atom stereocenters. The number of halogens is 2. The van der Waals surface area contributed by atoms with Crippen molar-refractivity contribution < 1.29 is 56.6 Å². The summed E-state index contributed by atoms with van der Waals surface area (Å²) in [6, 6.07) is 35.1. The van der Waals surface area contributed by atoms with Crippen molar-refractivity contribution in [2.45, 2.75) is 7.35 Å². The summed E-state index contributed by atoms with van der Waals surface area (Å²) in [4.78, 5) is 0. The van der Waals surface area contributed by atoms with E-state index in [2.05, 4.69) is 97.1 Å². The van der Waals surface area contributed by atoms with Crippen LogP contribution in [0.25, 0.3) is 44.8 Å². The van der Waals surface area contributed by atoms with Gasteiger partial charge in [0, 0.05) is 0 Å². The van der Waals surface area contributed by atoms with E-state index >= 15 is 0 Å². The van der Waals surface area contributed by atoms with Gasteiger partial charge in [0.25, 0.3) is 0 Å². The second kappa shape index (κ2) is 10.5. The normalized spacial score (nSPS) is 17.0. The van der Waals surface area contributed by atoms with E-state index in [0.29, 0.717) is 7.35 Å². The van der Waals surface area contributed by atoms with Crippen LogP contribution in [-0.4, -0.2) is 0 Å². The molecule has 2 aliphatic rings. The molecule has 0 fully saturated rings. The van der Waals surface area contributed by atoms with E-state index in [-0.39, 0.29) is 24.8 Å². The number of rotatable bonds is 4. The number of hydrogen-bond acceptors (Lipinski definition) is 2. The first-order chi connectivity index (χ1) is 18.3. The van der Waals surface area contributed by atoms with Crippen molar-refractivity contribution in [3.05, 3.63) is 143 Å². The first kappa shape index (κ1) is 26.1. The van der Waals surface area contributed by atoms with Gasteiger partial charge < -0.3 is 24.8 Å². The fraction of sp³-hybridized carbons (Fsp3) is 0.0588. The van der Waals surface area contributed by atoms with E-state index in [0.717, 1.165) is 11.5 Å². The van der Waals surface area contributed by atoms with Gasteiger partial charge in [0.2, 0.25) is 0 Å². The molecule has 0 aliphatic heterocycles. The van der Waals surface area contributed by atoms with Gasteiger partial charge in [-0.25, -0.2) is 0 Å². The Bertz CT molecular complexity index is 1730. The Morgan fingerprint density at radius 3 is 1.38 bits per heavy atom. The fourth-order valence-corrected chi connectivity index (χ4v) is 13.3. The Morgan fingerprint density at radius 2 is 0.949 bits per heavy atom. The van der Waals surface area contributed by atoms with E-state index in [1.807, 2.05) is 12.1 Å². The van der Waals surface area contributed by atoms with Gasteiger partial charge in [0.15, 0.2) is 0 Å². The standard InChI is InChI=1S/2C17H11O.2ClH.Hf/c2*1-2-5-15-12(4-1)7-8-13-10-14(11-16(13)15)17-6-3-9-18-17;;;/h2*1-11H;2*1H;/q;;;;+2/p-2. The van der Waals surface area contributed by atoms with E-state index < -0.39 is 22.9 Å². The molecule has 5 heteroatoms. The molecule has 0 saturated heterocycles. The number of allylic oxidation sites excluding steroid dienone is 2. The van der Waals surface area contributed by atoms with Crippen molar-refractivity contribution in [1.82, 2.24) is 0 Å². The summed E-state index contributed by atoms with van der Waals surface area (Å²) in [5.41, 5.74) is 8.33. The maximum absolute atomic E-state index is 6.01. The zero-order valence-electron chi connectivity index (χ0n) is 20.8. The molecule has 0 N–H and O–H groups in total. The monoisotopic (exact) mass is 712 g/mol. The Labute approximate surface area is 250 Å². The topological polar surface area (TPSA) is 26.3 Å². The molecule has 2 aliphatic carbocycles. The summed E-state index contributed by atoms with van der Waals surface area (Å²) in [6.07, 6.45) is 8.40. The van der Waals surface area contributed by atoms with Crippen LogP contribution in [0.4, 0.5) is 0 Å². The summed E-state index contributed by atoms with van der Waals surface area (Å²) in [6.45, 7) is 0. The van der Waals surface area contributed by atoms with E-state index in [9.17, 15) is 0 Å². The van der Waals surface area contributed by atoms with Crippen molar-refractivity contribution in [2.75, 3.05) is 0 Å². The van der Waals surface area contributed by atoms with E-state index in [4.69, 9.17) is 8.83 Å². The van der Waals surface area contributed by atoms with E-state index in [1.54, 1.807) is 12.5 Å². The summed E-state index contributed by atoms with van der Waals surface area (Å²) in [5.74, 6) is 2.00. The van der Waals surface area contributed by atoms with Gasteiger partial charge in [-0.1, -0.05) is 0 Å². The van der Waals surface area contributed by atoms with Gasteiger partial charge >= 0.3 is 227 Å². The van der Waals surface area contributed by atoms with Crippen molar-refractivity contribution in [2.24, 2.45) is 0 Å². The number of hydrogen-bond donors (Lipinski definition) is 0. The van der Waals surface area contributed by atoms with Crippen molar-refractivity contribution in [3.8, 4) is 0 Å². The largest absolute Gasteiger partial charge is 1.00 e. The molecule has 0 spiro atoms. The van der Waals surface area contributed by atoms with Crippen LogP contribution < -0.4 is 24.8 Å². The molecule has 4 aromatic carbocycles. The molecule has 0 bridgehead atoms. The molecule has 39 heavy (non-hydrogen) atoms. The minimum absolute atomic E-state index is 0. The molecule has 2 nitrogen and oxygen atoms in total. The van der Waals surface area contributed by atoms with Gasteiger partial charge in [-0.05, 0) is 0 Å². The van der Waals surface area contributed by atoms with Gasteiger partial charge in [-0.15, -0.1) is 0 Å². The predicted molar refractivity (Wildman–Crippen MR) is 147 cm³/mol. The molecular weight excluding hydrogens is 690 g/mol. The maximum atomic E-state index is 6.01. The maximum Gasteiger partial charge on any atom is -1.00 e. The first-order valence-electron chi connectivity index (χ1n) is 12.7. The fourth-order valence-electron chi connectivity index (χ4n) is 6.10. The molecule has 0 saturated carbocycles. The van der Waals surface area contributed by atoms with Crippen LogP contribution >= 0.6 is 0 Å². The summed E-state index contributed by atoms with van der Waals surface area (Å²) < 4.78 is 12.8. The molecule has 0 radical (unpaired) electrons. The average molecular weight is 712 g/mol. The van der Waals surface area contributed by atoms with Crippen molar-refractivity contribution in [1.29, 1.82) is 0 Å². The molecular formula is C34H22Cl2HfO2. The molecule has 8 rings (SSSR count). The smallest absolute Gasteiger partial charge is 1.00 e. The van der Waals surface area contributed by atoms with Gasteiger partial charge in [-0.2, -0.15) is 0 Å². The summed E-state index contributed by atoms with van der Waals surface area (Å²) in [5, 5.41) is 5.24. The van der Waals surface area contributed by atoms with Crippen LogP contribution in [0.1, 0.15) is 41.1 Å². The van der Waals surface area contributed by atoms with Crippen LogP contribution in [0.5, 0.6) is 0 Å². The molecule has 2 aromatic heterocycles. The number of fused-ring (bicyclic) bond motifs is 6. The SMILES string of the molecule is C1=C(c2ccco2)[CH]([Hf+2][CH]2C(c3ccco3)=Cc3c2ccc2ccccc32)c2ccc3ccccc3c21.[Cl-].[Cl-]. The Hall–Kier alpha value is -3.11. The molecule has 0 amide bonds. The summed E-state index contributed by atoms with van der Waals surface area (Å²) in [7, 11) is 0. The van der Waals surface area contributed by atoms with Gasteiger partial charge in [0.1, 0.15) is 0 Å².